The number of aromatic nitrogens is 2. The molecule has 1 N–H and O–H groups in total. The molecule has 0 atom stereocenters. The molecule has 1 aromatic heterocycles. The van der Waals surface area contributed by atoms with Crippen LogP contribution in [0, 0.1) is 12.8 Å². The van der Waals surface area contributed by atoms with Gasteiger partial charge in [-0.2, -0.15) is 0 Å². The molecule has 1 heterocycles. The molecule has 2 aromatic rings. The van der Waals surface area contributed by atoms with Gasteiger partial charge < -0.3 is 5.11 Å². The number of hydrogen-bond donors (Lipinski definition) is 1. The molecule has 0 bridgehead atoms. The van der Waals surface area contributed by atoms with E-state index in [4.69, 9.17) is 0 Å². The normalized spacial score (nSPS) is 10.9. The largest absolute Gasteiger partial charge is 0.478 e. The van der Waals surface area contributed by atoms with Crippen molar-refractivity contribution in [3.8, 4) is 11.4 Å². The van der Waals surface area contributed by atoms with Gasteiger partial charge in [-0.15, -0.1) is 11.8 Å². The fourth-order valence-corrected chi connectivity index (χ4v) is 2.88. The van der Waals surface area contributed by atoms with Gasteiger partial charge in [0, 0.05) is 11.3 Å². The van der Waals surface area contributed by atoms with Crippen molar-refractivity contribution >= 4 is 17.7 Å². The first-order valence-electron chi connectivity index (χ1n) is 6.79. The van der Waals surface area contributed by atoms with E-state index in [9.17, 15) is 9.90 Å². The van der Waals surface area contributed by atoms with Crippen molar-refractivity contribution in [3.05, 3.63) is 41.6 Å². The van der Waals surface area contributed by atoms with E-state index in [1.54, 1.807) is 6.92 Å². The maximum Gasteiger partial charge on any atom is 0.340 e. The van der Waals surface area contributed by atoms with Gasteiger partial charge in [0.2, 0.25) is 0 Å². The van der Waals surface area contributed by atoms with Gasteiger partial charge in [0.05, 0.1) is 5.69 Å². The lowest BCUT2D eigenvalue weighted by Gasteiger charge is -2.11. The first kappa shape index (κ1) is 15.5. The molecule has 1 aromatic carbocycles. The predicted molar refractivity (Wildman–Crippen MR) is 84.7 cm³/mol. The zero-order valence-electron chi connectivity index (χ0n) is 12.3. The van der Waals surface area contributed by atoms with Crippen molar-refractivity contribution in [1.29, 1.82) is 0 Å². The molecule has 0 amide bonds. The molecular formula is C16H18N2O2S. The zero-order chi connectivity index (χ0) is 15.4. The number of benzene rings is 1. The van der Waals surface area contributed by atoms with Crippen LogP contribution in [-0.2, 0) is 0 Å². The highest BCUT2D eigenvalue weighted by atomic mass is 32.2. The van der Waals surface area contributed by atoms with Gasteiger partial charge in [0.1, 0.15) is 10.6 Å². The highest BCUT2D eigenvalue weighted by Crippen LogP contribution is 2.27. The van der Waals surface area contributed by atoms with Crippen LogP contribution in [0.15, 0.2) is 35.4 Å². The molecule has 4 nitrogen and oxygen atoms in total. The fraction of sp³-hybridized carbons (Fsp3) is 0.312. The number of carboxylic acid groups (broad SMARTS) is 1. The lowest BCUT2D eigenvalue weighted by molar-refractivity contribution is 0.0690. The molecule has 5 heteroatoms. The Labute approximate surface area is 128 Å². The third kappa shape index (κ3) is 3.82. The second-order valence-electron chi connectivity index (χ2n) is 5.19. The summed E-state index contributed by atoms with van der Waals surface area (Å²) < 4.78 is 0. The summed E-state index contributed by atoms with van der Waals surface area (Å²) in [4.78, 5) is 20.3. The minimum Gasteiger partial charge on any atom is -0.478 e. The van der Waals surface area contributed by atoms with E-state index in [-0.39, 0.29) is 5.56 Å². The van der Waals surface area contributed by atoms with Gasteiger partial charge in [-0.1, -0.05) is 44.2 Å². The van der Waals surface area contributed by atoms with E-state index in [0.717, 1.165) is 11.3 Å². The van der Waals surface area contributed by atoms with Crippen molar-refractivity contribution in [1.82, 2.24) is 9.97 Å². The molecule has 0 aliphatic rings. The van der Waals surface area contributed by atoms with Crippen LogP contribution in [0.25, 0.3) is 11.4 Å². The summed E-state index contributed by atoms with van der Waals surface area (Å²) in [5, 5.41) is 9.92. The Morgan fingerprint density at radius 3 is 2.48 bits per heavy atom. The van der Waals surface area contributed by atoms with E-state index in [1.165, 1.54) is 11.8 Å². The maximum absolute atomic E-state index is 11.4. The lowest BCUT2D eigenvalue weighted by atomic mass is 10.2. The maximum atomic E-state index is 11.4. The smallest absolute Gasteiger partial charge is 0.340 e. The lowest BCUT2D eigenvalue weighted by Crippen LogP contribution is -2.09. The van der Waals surface area contributed by atoms with Gasteiger partial charge in [0.15, 0.2) is 5.82 Å². The van der Waals surface area contributed by atoms with Crippen LogP contribution in [0.2, 0.25) is 0 Å². The number of carboxylic acids is 1. The Morgan fingerprint density at radius 2 is 1.90 bits per heavy atom. The summed E-state index contributed by atoms with van der Waals surface area (Å²) >= 11 is 1.47. The molecular weight excluding hydrogens is 284 g/mol. The van der Waals surface area contributed by atoms with E-state index in [2.05, 4.69) is 23.8 Å². The topological polar surface area (TPSA) is 63.1 Å². The number of rotatable bonds is 5. The Hall–Kier alpha value is -1.88. The molecule has 21 heavy (non-hydrogen) atoms. The van der Waals surface area contributed by atoms with Crippen molar-refractivity contribution in [2.24, 2.45) is 5.92 Å². The molecule has 0 saturated heterocycles. The number of thioether (sulfide) groups is 1. The van der Waals surface area contributed by atoms with Crippen LogP contribution < -0.4 is 0 Å². The first-order valence-corrected chi connectivity index (χ1v) is 7.77. The summed E-state index contributed by atoms with van der Waals surface area (Å²) in [5.41, 5.74) is 1.60. The Bertz CT molecular complexity index is 642. The quantitative estimate of drug-likeness (QED) is 0.670. The summed E-state index contributed by atoms with van der Waals surface area (Å²) in [5.74, 6) is 0.889. The van der Waals surface area contributed by atoms with Gasteiger partial charge in [-0.3, -0.25) is 0 Å². The summed E-state index contributed by atoms with van der Waals surface area (Å²) in [6.45, 7) is 5.91. The number of nitrogens with zero attached hydrogens (tertiary/aromatic N) is 2. The number of carbonyl (C=O) groups is 1. The minimum atomic E-state index is -0.974. The van der Waals surface area contributed by atoms with E-state index >= 15 is 0 Å². The molecule has 110 valence electrons. The standard InChI is InChI=1S/C16H18N2O2S/c1-10(2)9-21-15-13(16(19)20)11(3)17-14(18-15)12-7-5-4-6-8-12/h4-8,10H,9H2,1-3H3,(H,19,20). The van der Waals surface area contributed by atoms with E-state index in [1.807, 2.05) is 30.3 Å². The van der Waals surface area contributed by atoms with Crippen LogP contribution in [0.1, 0.15) is 29.9 Å². The third-order valence-electron chi connectivity index (χ3n) is 2.86. The van der Waals surface area contributed by atoms with Gasteiger partial charge in [-0.05, 0) is 12.8 Å². The third-order valence-corrected chi connectivity index (χ3v) is 4.26. The zero-order valence-corrected chi connectivity index (χ0v) is 13.1. The SMILES string of the molecule is Cc1nc(-c2ccccc2)nc(SCC(C)C)c1C(=O)O. The van der Waals surface area contributed by atoms with Crippen LogP contribution in [-0.4, -0.2) is 26.8 Å². The summed E-state index contributed by atoms with van der Waals surface area (Å²) in [6, 6.07) is 9.61. The minimum absolute atomic E-state index is 0.209. The van der Waals surface area contributed by atoms with Crippen LogP contribution >= 0.6 is 11.8 Å². The highest BCUT2D eigenvalue weighted by Gasteiger charge is 2.19. The highest BCUT2D eigenvalue weighted by molar-refractivity contribution is 7.99. The Balaban J connectivity index is 2.48. The molecule has 0 aliphatic heterocycles. The van der Waals surface area contributed by atoms with Crippen molar-refractivity contribution < 1.29 is 9.90 Å². The van der Waals surface area contributed by atoms with Crippen LogP contribution in [0.4, 0.5) is 0 Å². The van der Waals surface area contributed by atoms with E-state index in [0.29, 0.717) is 22.5 Å². The second kappa shape index (κ2) is 6.72. The number of hydrogen-bond acceptors (Lipinski definition) is 4. The fourth-order valence-electron chi connectivity index (χ4n) is 1.86. The molecule has 0 radical (unpaired) electrons. The molecule has 0 spiro atoms. The van der Waals surface area contributed by atoms with Crippen molar-refractivity contribution in [2.45, 2.75) is 25.8 Å². The summed E-state index contributed by atoms with van der Waals surface area (Å²) in [6.07, 6.45) is 0. The predicted octanol–water partition coefficient (Wildman–Crippen LogP) is 3.90. The Morgan fingerprint density at radius 1 is 1.24 bits per heavy atom. The number of aromatic carboxylic acids is 1. The Kier molecular flexibility index (Phi) is 4.96. The molecule has 0 unspecified atom stereocenters. The van der Waals surface area contributed by atoms with Crippen molar-refractivity contribution in [3.63, 3.8) is 0 Å². The van der Waals surface area contributed by atoms with Gasteiger partial charge >= 0.3 is 5.97 Å². The molecule has 0 saturated carbocycles. The first-order chi connectivity index (χ1) is 9.99. The average molecular weight is 302 g/mol. The van der Waals surface area contributed by atoms with Crippen LogP contribution in [0.3, 0.4) is 0 Å². The number of aryl methyl sites for hydroxylation is 1. The van der Waals surface area contributed by atoms with Crippen molar-refractivity contribution in [2.75, 3.05) is 5.75 Å². The van der Waals surface area contributed by atoms with Crippen LogP contribution in [0.5, 0.6) is 0 Å². The second-order valence-corrected chi connectivity index (χ2v) is 6.20. The molecule has 2 rings (SSSR count). The van der Waals surface area contributed by atoms with Gasteiger partial charge in [0.25, 0.3) is 0 Å². The van der Waals surface area contributed by atoms with E-state index < -0.39 is 5.97 Å². The summed E-state index contributed by atoms with van der Waals surface area (Å²) in [7, 11) is 0. The monoisotopic (exact) mass is 302 g/mol. The average Bonchev–Trinajstić information content (AvgIpc) is 2.45. The molecule has 0 fully saturated rings. The molecule has 0 aliphatic carbocycles. The van der Waals surface area contributed by atoms with Gasteiger partial charge in [-0.25, -0.2) is 14.8 Å².